The number of carbonyl (C=O) groups is 2. The number of hydrogen-bond acceptors (Lipinski definition) is 4. The van der Waals surface area contributed by atoms with Crippen molar-refractivity contribution in [2.75, 3.05) is 24.2 Å². The van der Waals surface area contributed by atoms with Crippen molar-refractivity contribution in [2.24, 2.45) is 17.8 Å². The van der Waals surface area contributed by atoms with Crippen molar-refractivity contribution in [1.82, 2.24) is 10.2 Å². The summed E-state index contributed by atoms with van der Waals surface area (Å²) in [5, 5.41) is 3.16. The first-order valence-electron chi connectivity index (χ1n) is 15.9. The lowest BCUT2D eigenvalue weighted by molar-refractivity contribution is -0.139. The van der Waals surface area contributed by atoms with E-state index in [-0.39, 0.29) is 24.3 Å². The van der Waals surface area contributed by atoms with Crippen LogP contribution in [0.5, 0.6) is 0 Å². The van der Waals surface area contributed by atoms with Crippen LogP contribution >= 0.6 is 11.6 Å². The zero-order chi connectivity index (χ0) is 31.8. The van der Waals surface area contributed by atoms with Crippen molar-refractivity contribution in [3.8, 4) is 0 Å². The number of halogens is 1. The Bertz CT molecular complexity index is 1610. The topological polar surface area (TPSA) is 86.8 Å². The molecule has 4 fully saturated rings. The molecule has 1 N–H and O–H groups in total. The lowest BCUT2D eigenvalue weighted by Crippen LogP contribution is -2.53. The van der Waals surface area contributed by atoms with Crippen molar-refractivity contribution >= 4 is 39.1 Å². The van der Waals surface area contributed by atoms with E-state index in [0.717, 1.165) is 33.9 Å². The molecule has 0 aromatic heterocycles. The highest BCUT2D eigenvalue weighted by atomic mass is 35.5. The Hall–Kier alpha value is -3.36. The molecule has 0 spiro atoms. The average Bonchev–Trinajstić information content (AvgIpc) is 3.01. The van der Waals surface area contributed by atoms with E-state index in [1.807, 2.05) is 54.6 Å². The number of nitrogens with zero attached hydrogens (tertiary/aromatic N) is 2. The molecule has 4 saturated carbocycles. The minimum atomic E-state index is -3.84. The molecule has 238 valence electrons. The quantitative estimate of drug-likeness (QED) is 0.278. The van der Waals surface area contributed by atoms with Crippen LogP contribution in [0, 0.1) is 17.8 Å². The Morgan fingerprint density at radius 1 is 0.889 bits per heavy atom. The molecular weight excluding hydrogens is 606 g/mol. The molecule has 7 rings (SSSR count). The minimum absolute atomic E-state index is 0.0476. The molecule has 1 atom stereocenters. The van der Waals surface area contributed by atoms with Gasteiger partial charge in [0.15, 0.2) is 0 Å². The number of sulfonamides is 1. The largest absolute Gasteiger partial charge is 0.357 e. The average molecular weight is 648 g/mol. The third kappa shape index (κ3) is 6.77. The second kappa shape index (κ2) is 12.8. The second-order valence-electron chi connectivity index (χ2n) is 13.4. The Morgan fingerprint density at radius 3 is 2.02 bits per heavy atom. The summed E-state index contributed by atoms with van der Waals surface area (Å²) in [5.41, 5.74) is 3.45. The maximum atomic E-state index is 14.2. The van der Waals surface area contributed by atoms with E-state index in [4.69, 9.17) is 11.6 Å². The van der Waals surface area contributed by atoms with E-state index in [1.54, 1.807) is 12.1 Å². The van der Waals surface area contributed by atoms with Gasteiger partial charge < -0.3 is 10.2 Å². The SMILES string of the molecule is CNC(=O)[C@H](Cc1ccccc1)N(Cc1ccccc1Cl)C(=O)CN(c1ccc(C23CC4CC(CC(C4)C2)C3)cc1)S(C)(=O)=O. The number of rotatable bonds is 11. The van der Waals surface area contributed by atoms with Crippen LogP contribution in [-0.2, 0) is 38.0 Å². The van der Waals surface area contributed by atoms with Crippen LogP contribution < -0.4 is 9.62 Å². The van der Waals surface area contributed by atoms with E-state index in [0.29, 0.717) is 16.3 Å². The van der Waals surface area contributed by atoms with Gasteiger partial charge in [-0.2, -0.15) is 0 Å². The molecule has 7 nitrogen and oxygen atoms in total. The molecule has 0 radical (unpaired) electrons. The van der Waals surface area contributed by atoms with Gasteiger partial charge in [0.2, 0.25) is 21.8 Å². The lowest BCUT2D eigenvalue weighted by atomic mass is 9.48. The molecule has 2 amide bonds. The van der Waals surface area contributed by atoms with Crippen LogP contribution in [0.3, 0.4) is 0 Å². The summed E-state index contributed by atoms with van der Waals surface area (Å²) in [6.07, 6.45) is 9.08. The maximum absolute atomic E-state index is 14.2. The highest BCUT2D eigenvalue weighted by Crippen LogP contribution is 2.60. The summed E-state index contributed by atoms with van der Waals surface area (Å²) >= 11 is 6.51. The van der Waals surface area contributed by atoms with E-state index in [1.165, 1.54) is 56.0 Å². The lowest BCUT2D eigenvalue weighted by Gasteiger charge is -2.57. The van der Waals surface area contributed by atoms with E-state index in [9.17, 15) is 18.0 Å². The first kappa shape index (κ1) is 31.6. The van der Waals surface area contributed by atoms with Gasteiger partial charge in [-0.05, 0) is 96.6 Å². The van der Waals surface area contributed by atoms with Crippen LogP contribution in [-0.4, -0.2) is 51.0 Å². The van der Waals surface area contributed by atoms with Gasteiger partial charge >= 0.3 is 0 Å². The Labute approximate surface area is 272 Å². The zero-order valence-corrected chi connectivity index (χ0v) is 27.6. The molecule has 4 aliphatic rings. The molecule has 45 heavy (non-hydrogen) atoms. The molecule has 4 bridgehead atoms. The normalized spacial score (nSPS) is 24.2. The van der Waals surface area contributed by atoms with Gasteiger partial charge in [-0.15, -0.1) is 0 Å². The van der Waals surface area contributed by atoms with Crippen molar-refractivity contribution in [1.29, 1.82) is 0 Å². The van der Waals surface area contributed by atoms with Crippen LogP contribution in [0.4, 0.5) is 5.69 Å². The van der Waals surface area contributed by atoms with Crippen LogP contribution in [0.15, 0.2) is 78.9 Å². The Morgan fingerprint density at radius 2 is 1.47 bits per heavy atom. The van der Waals surface area contributed by atoms with Crippen LogP contribution in [0.1, 0.15) is 55.2 Å². The van der Waals surface area contributed by atoms with Gasteiger partial charge in [-0.25, -0.2) is 8.42 Å². The predicted octanol–water partition coefficient (Wildman–Crippen LogP) is 5.96. The molecular formula is C36H42ClN3O4S. The summed E-state index contributed by atoms with van der Waals surface area (Å²) in [6, 6.07) is 23.6. The molecule has 3 aromatic carbocycles. The van der Waals surface area contributed by atoms with Crippen molar-refractivity contribution in [2.45, 2.75) is 62.9 Å². The summed E-state index contributed by atoms with van der Waals surface area (Å²) in [6.45, 7) is -0.395. The van der Waals surface area contributed by atoms with Crippen molar-refractivity contribution in [3.05, 3.63) is 101 Å². The number of amides is 2. The molecule has 0 saturated heterocycles. The first-order valence-corrected chi connectivity index (χ1v) is 18.1. The summed E-state index contributed by atoms with van der Waals surface area (Å²) in [5.74, 6) is 1.57. The fourth-order valence-corrected chi connectivity index (χ4v) is 9.63. The maximum Gasteiger partial charge on any atom is 0.244 e. The highest BCUT2D eigenvalue weighted by Gasteiger charge is 2.51. The highest BCUT2D eigenvalue weighted by molar-refractivity contribution is 7.92. The number of anilines is 1. The molecule has 0 heterocycles. The monoisotopic (exact) mass is 647 g/mol. The summed E-state index contributed by atoms with van der Waals surface area (Å²) in [4.78, 5) is 29.0. The van der Waals surface area contributed by atoms with Crippen molar-refractivity contribution < 1.29 is 18.0 Å². The van der Waals surface area contributed by atoms with Crippen LogP contribution in [0.2, 0.25) is 5.02 Å². The summed E-state index contributed by atoms with van der Waals surface area (Å²) < 4.78 is 27.6. The van der Waals surface area contributed by atoms with Crippen LogP contribution in [0.25, 0.3) is 0 Å². The Kier molecular flexibility index (Phi) is 8.99. The minimum Gasteiger partial charge on any atom is -0.357 e. The standard InChI is InChI=1S/C36H42ClN3O4S/c1-38-35(42)33(19-25-8-4-3-5-9-25)39(23-29-10-6-7-11-32(29)37)34(41)24-40(45(2,43)44)31-14-12-30(13-15-31)36-20-26-16-27(21-36)18-28(17-26)22-36/h3-15,26-28,33H,16-24H2,1-2H3,(H,38,42)/t26?,27?,28?,33-,36?/m0/s1. The Balaban J connectivity index is 1.30. The number of nitrogens with one attached hydrogen (secondary N) is 1. The summed E-state index contributed by atoms with van der Waals surface area (Å²) in [7, 11) is -2.30. The smallest absolute Gasteiger partial charge is 0.244 e. The molecule has 0 aliphatic heterocycles. The van der Waals surface area contributed by atoms with E-state index < -0.39 is 28.5 Å². The van der Waals surface area contributed by atoms with Crippen molar-refractivity contribution in [3.63, 3.8) is 0 Å². The number of likely N-dealkylation sites (N-methyl/N-ethyl adjacent to an activating group) is 1. The van der Waals surface area contributed by atoms with Gasteiger partial charge in [0, 0.05) is 25.0 Å². The number of carbonyl (C=O) groups excluding carboxylic acids is 2. The molecule has 4 aliphatic carbocycles. The van der Waals surface area contributed by atoms with E-state index >= 15 is 0 Å². The van der Waals surface area contributed by atoms with Gasteiger partial charge in [0.25, 0.3) is 0 Å². The predicted molar refractivity (Wildman–Crippen MR) is 178 cm³/mol. The molecule has 0 unspecified atom stereocenters. The molecule has 9 heteroatoms. The molecule has 3 aromatic rings. The van der Waals surface area contributed by atoms with Gasteiger partial charge in [0.1, 0.15) is 12.6 Å². The third-order valence-corrected chi connectivity index (χ3v) is 11.8. The van der Waals surface area contributed by atoms with Gasteiger partial charge in [-0.1, -0.05) is 72.3 Å². The third-order valence-electron chi connectivity index (χ3n) is 10.3. The number of benzene rings is 3. The van der Waals surface area contributed by atoms with E-state index in [2.05, 4.69) is 17.4 Å². The van der Waals surface area contributed by atoms with Gasteiger partial charge in [0.05, 0.1) is 11.9 Å². The fraction of sp³-hybridized carbons (Fsp3) is 0.444. The fourth-order valence-electron chi connectivity index (χ4n) is 8.59. The number of hydrogen-bond donors (Lipinski definition) is 1. The first-order chi connectivity index (χ1) is 21.5. The zero-order valence-electron chi connectivity index (χ0n) is 26.0. The second-order valence-corrected chi connectivity index (χ2v) is 15.8. The van der Waals surface area contributed by atoms with Gasteiger partial charge in [-0.3, -0.25) is 13.9 Å².